The minimum absolute atomic E-state index is 0.00221. The van der Waals surface area contributed by atoms with Crippen LogP contribution in [-0.4, -0.2) is 62.1 Å². The lowest BCUT2D eigenvalue weighted by Crippen LogP contribution is -2.36. The standard InChI is InChI=1S/C32H36F3N5S/c1-40-17-12-21(13-18-40)39-26-8-3-6-23-28(29(33)32(34)35)27(41-31(23)26)9-4-14-37-25-7-2-5-22-24(19-38-30(22)25)20-10-15-36-16-11-20/h2-3,5-8,19-21,29,32,36-39H,10-18H2,1H3. The van der Waals surface area contributed by atoms with Crippen LogP contribution < -0.4 is 16.0 Å². The summed E-state index contributed by atoms with van der Waals surface area (Å²) in [5.41, 5.74) is 4.18. The van der Waals surface area contributed by atoms with E-state index in [4.69, 9.17) is 0 Å². The summed E-state index contributed by atoms with van der Waals surface area (Å²) in [6.45, 7) is 4.37. The van der Waals surface area contributed by atoms with Crippen LogP contribution in [-0.2, 0) is 0 Å². The molecule has 6 rings (SSSR count). The average molecular weight is 580 g/mol. The van der Waals surface area contributed by atoms with Crippen molar-refractivity contribution >= 4 is 43.7 Å². The Labute approximate surface area is 242 Å². The maximum Gasteiger partial charge on any atom is 0.273 e. The number of para-hydroxylation sites is 1. The van der Waals surface area contributed by atoms with Gasteiger partial charge in [0.05, 0.1) is 33.0 Å². The van der Waals surface area contributed by atoms with Gasteiger partial charge in [-0.05, 0) is 82.5 Å². The largest absolute Gasteiger partial charge is 0.381 e. The van der Waals surface area contributed by atoms with Gasteiger partial charge in [-0.2, -0.15) is 0 Å². The molecule has 2 aromatic heterocycles. The summed E-state index contributed by atoms with van der Waals surface area (Å²) in [6.07, 6.45) is 0.855. The molecule has 0 amide bonds. The lowest BCUT2D eigenvalue weighted by Gasteiger charge is -2.30. The fourth-order valence-corrected chi connectivity index (χ4v) is 7.36. The van der Waals surface area contributed by atoms with E-state index in [1.54, 1.807) is 6.07 Å². The summed E-state index contributed by atoms with van der Waals surface area (Å²) in [7, 11) is 2.11. The zero-order valence-electron chi connectivity index (χ0n) is 23.2. The van der Waals surface area contributed by atoms with Gasteiger partial charge in [0.25, 0.3) is 6.43 Å². The molecule has 0 saturated carbocycles. The van der Waals surface area contributed by atoms with Crippen LogP contribution in [0.4, 0.5) is 24.5 Å². The number of rotatable bonds is 7. The van der Waals surface area contributed by atoms with Crippen LogP contribution in [0.15, 0.2) is 42.6 Å². The molecule has 0 aliphatic carbocycles. The van der Waals surface area contributed by atoms with Gasteiger partial charge in [0, 0.05) is 28.6 Å². The van der Waals surface area contributed by atoms with E-state index >= 15 is 0 Å². The third-order valence-corrected chi connectivity index (χ3v) is 9.59. The van der Waals surface area contributed by atoms with Crippen LogP contribution in [0, 0.1) is 11.8 Å². The summed E-state index contributed by atoms with van der Waals surface area (Å²) in [5, 5.41) is 12.1. The number of nitrogens with zero attached hydrogens (tertiary/aromatic N) is 1. The Balaban J connectivity index is 1.24. The summed E-state index contributed by atoms with van der Waals surface area (Å²) in [5.74, 6) is 6.64. The number of halogens is 3. The number of hydrogen-bond donors (Lipinski definition) is 4. The van der Waals surface area contributed by atoms with Gasteiger partial charge in [-0.1, -0.05) is 36.1 Å². The molecule has 2 saturated heterocycles. The van der Waals surface area contributed by atoms with Crippen LogP contribution in [0.5, 0.6) is 0 Å². The summed E-state index contributed by atoms with van der Waals surface area (Å²) in [6, 6.07) is 12.0. The molecule has 4 heterocycles. The fraction of sp³-hybridized carbons (Fsp3) is 0.438. The minimum atomic E-state index is -3.11. The number of aromatic nitrogens is 1. The van der Waals surface area contributed by atoms with Crippen molar-refractivity contribution in [1.29, 1.82) is 0 Å². The number of thiophene rings is 1. The lowest BCUT2D eigenvalue weighted by molar-refractivity contribution is 0.0504. The molecule has 5 nitrogen and oxygen atoms in total. The first-order valence-corrected chi connectivity index (χ1v) is 15.3. The van der Waals surface area contributed by atoms with Gasteiger partial charge in [-0.3, -0.25) is 0 Å². The maximum atomic E-state index is 15.0. The van der Waals surface area contributed by atoms with Gasteiger partial charge in [-0.25, -0.2) is 13.2 Å². The Hall–Kier alpha value is -3.19. The van der Waals surface area contributed by atoms with Crippen LogP contribution >= 0.6 is 11.3 Å². The number of anilines is 2. The molecule has 1 atom stereocenters. The molecule has 4 aromatic rings. The number of likely N-dealkylation sites (tertiary alicyclic amines) is 1. The predicted octanol–water partition coefficient (Wildman–Crippen LogP) is 7.10. The lowest BCUT2D eigenvalue weighted by atomic mass is 9.90. The second-order valence-corrected chi connectivity index (χ2v) is 12.2. The van der Waals surface area contributed by atoms with Crippen LogP contribution in [0.1, 0.15) is 53.8 Å². The molecule has 2 aromatic carbocycles. The quantitative estimate of drug-likeness (QED) is 0.177. The number of aromatic amines is 1. The molecule has 9 heteroatoms. The first kappa shape index (κ1) is 28.0. The Morgan fingerprint density at radius 1 is 1.00 bits per heavy atom. The Morgan fingerprint density at radius 2 is 1.73 bits per heavy atom. The highest BCUT2D eigenvalue weighted by Gasteiger charge is 2.29. The van der Waals surface area contributed by atoms with E-state index in [1.807, 2.05) is 24.3 Å². The number of alkyl halides is 3. The van der Waals surface area contributed by atoms with Crippen LogP contribution in [0.3, 0.4) is 0 Å². The van der Waals surface area contributed by atoms with Crippen LogP contribution in [0.25, 0.3) is 21.0 Å². The molecule has 41 heavy (non-hydrogen) atoms. The normalized spacial score (nSPS) is 18.1. The molecule has 4 N–H and O–H groups in total. The fourth-order valence-electron chi connectivity index (χ4n) is 6.18. The van der Waals surface area contributed by atoms with Gasteiger partial charge in [-0.15, -0.1) is 11.3 Å². The molecule has 2 aliphatic rings. The zero-order chi connectivity index (χ0) is 28.3. The van der Waals surface area contributed by atoms with Crippen molar-refractivity contribution in [3.8, 4) is 11.8 Å². The Kier molecular flexibility index (Phi) is 8.42. The number of benzene rings is 2. The number of hydrogen-bond acceptors (Lipinski definition) is 5. The van der Waals surface area contributed by atoms with E-state index in [-0.39, 0.29) is 5.56 Å². The van der Waals surface area contributed by atoms with Gasteiger partial charge >= 0.3 is 0 Å². The van der Waals surface area contributed by atoms with Crippen LogP contribution in [0.2, 0.25) is 0 Å². The van der Waals surface area contributed by atoms with E-state index in [2.05, 4.69) is 57.0 Å². The van der Waals surface area contributed by atoms with E-state index in [0.717, 1.165) is 73.5 Å². The van der Waals surface area contributed by atoms with E-state index in [0.29, 0.717) is 28.8 Å². The third kappa shape index (κ3) is 5.92. The predicted molar refractivity (Wildman–Crippen MR) is 164 cm³/mol. The molecule has 1 unspecified atom stereocenters. The van der Waals surface area contributed by atoms with E-state index in [1.165, 1.54) is 22.3 Å². The van der Waals surface area contributed by atoms with Crippen molar-refractivity contribution in [2.45, 2.75) is 50.2 Å². The first-order valence-electron chi connectivity index (χ1n) is 14.5. The highest BCUT2D eigenvalue weighted by atomic mass is 32.1. The molecular formula is C32H36F3N5S. The van der Waals surface area contributed by atoms with E-state index in [9.17, 15) is 13.2 Å². The average Bonchev–Trinajstić information content (AvgIpc) is 3.59. The first-order chi connectivity index (χ1) is 20.0. The molecule has 0 radical (unpaired) electrons. The minimum Gasteiger partial charge on any atom is -0.381 e. The highest BCUT2D eigenvalue weighted by molar-refractivity contribution is 7.20. The van der Waals surface area contributed by atoms with Crippen molar-refractivity contribution < 1.29 is 13.2 Å². The SMILES string of the molecule is CN1CCC(Nc2cccc3c(C(F)C(F)F)c(C#CCNc4cccc5c(C6CCNCC6)c[nH]c45)sc23)CC1. The Morgan fingerprint density at radius 3 is 2.49 bits per heavy atom. The number of piperidine rings is 2. The maximum absolute atomic E-state index is 15.0. The van der Waals surface area contributed by atoms with Crippen molar-refractivity contribution in [3.05, 3.63) is 58.6 Å². The Bertz CT molecular complexity index is 1550. The second kappa shape index (κ2) is 12.4. The van der Waals surface area contributed by atoms with Crippen molar-refractivity contribution in [1.82, 2.24) is 15.2 Å². The molecule has 2 aliphatic heterocycles. The van der Waals surface area contributed by atoms with Crippen molar-refractivity contribution in [2.75, 3.05) is 50.4 Å². The number of fused-ring (bicyclic) bond motifs is 2. The van der Waals surface area contributed by atoms with E-state index < -0.39 is 12.6 Å². The van der Waals surface area contributed by atoms with Gasteiger partial charge in [0.1, 0.15) is 0 Å². The third-order valence-electron chi connectivity index (χ3n) is 8.42. The number of H-pyrrole nitrogens is 1. The molecule has 0 spiro atoms. The molecule has 0 bridgehead atoms. The highest BCUT2D eigenvalue weighted by Crippen LogP contribution is 2.42. The summed E-state index contributed by atoms with van der Waals surface area (Å²) < 4.78 is 43.0. The molecule has 216 valence electrons. The zero-order valence-corrected chi connectivity index (χ0v) is 24.0. The van der Waals surface area contributed by atoms with Gasteiger partial charge in [0.2, 0.25) is 0 Å². The molecule has 2 fully saturated rings. The van der Waals surface area contributed by atoms with Crippen molar-refractivity contribution in [3.63, 3.8) is 0 Å². The monoisotopic (exact) mass is 579 g/mol. The smallest absolute Gasteiger partial charge is 0.273 e. The second-order valence-electron chi connectivity index (χ2n) is 11.1. The molecular weight excluding hydrogens is 543 g/mol. The number of nitrogens with one attached hydrogen (secondary N) is 4. The van der Waals surface area contributed by atoms with Gasteiger partial charge < -0.3 is 25.8 Å². The summed E-state index contributed by atoms with van der Waals surface area (Å²) in [4.78, 5) is 6.09. The van der Waals surface area contributed by atoms with Crippen molar-refractivity contribution in [2.24, 2.45) is 0 Å². The topological polar surface area (TPSA) is 55.1 Å². The summed E-state index contributed by atoms with van der Waals surface area (Å²) >= 11 is 1.29. The van der Waals surface area contributed by atoms with Gasteiger partial charge in [0.15, 0.2) is 6.17 Å².